The SMILES string of the molecule is Brc1ccc(-c2noc(C3CCCCC3)n2)o1. The molecule has 0 N–H and O–H groups in total. The van der Waals surface area contributed by atoms with Gasteiger partial charge < -0.3 is 8.94 Å². The lowest BCUT2D eigenvalue weighted by Gasteiger charge is -2.17. The van der Waals surface area contributed by atoms with Crippen LogP contribution in [0.15, 0.2) is 25.7 Å². The van der Waals surface area contributed by atoms with Crippen molar-refractivity contribution in [2.75, 3.05) is 0 Å². The molecule has 0 saturated heterocycles. The second-order valence-corrected chi connectivity index (χ2v) is 5.18. The molecule has 2 heterocycles. The number of hydrogen-bond acceptors (Lipinski definition) is 4. The Labute approximate surface area is 108 Å². The number of furan rings is 1. The minimum atomic E-state index is 0.434. The second-order valence-electron chi connectivity index (χ2n) is 4.39. The first-order valence-electron chi connectivity index (χ1n) is 5.92. The van der Waals surface area contributed by atoms with E-state index in [1.165, 1.54) is 19.3 Å². The van der Waals surface area contributed by atoms with Crippen molar-refractivity contribution in [1.29, 1.82) is 0 Å². The Balaban J connectivity index is 1.82. The fraction of sp³-hybridized carbons (Fsp3) is 0.500. The van der Waals surface area contributed by atoms with E-state index in [-0.39, 0.29) is 0 Å². The van der Waals surface area contributed by atoms with Crippen LogP contribution in [-0.4, -0.2) is 10.1 Å². The highest BCUT2D eigenvalue weighted by molar-refractivity contribution is 9.10. The van der Waals surface area contributed by atoms with Gasteiger partial charge >= 0.3 is 0 Å². The summed E-state index contributed by atoms with van der Waals surface area (Å²) in [5.74, 6) is 2.37. The van der Waals surface area contributed by atoms with Crippen molar-refractivity contribution in [3.05, 3.63) is 22.7 Å². The molecule has 0 atom stereocenters. The van der Waals surface area contributed by atoms with Gasteiger partial charge in [0.1, 0.15) is 0 Å². The summed E-state index contributed by atoms with van der Waals surface area (Å²) in [6.07, 6.45) is 6.15. The van der Waals surface area contributed by atoms with Gasteiger partial charge in [-0.2, -0.15) is 4.98 Å². The summed E-state index contributed by atoms with van der Waals surface area (Å²) in [6, 6.07) is 3.66. The summed E-state index contributed by atoms with van der Waals surface area (Å²) >= 11 is 3.26. The number of halogens is 1. The largest absolute Gasteiger partial charge is 0.446 e. The van der Waals surface area contributed by atoms with Crippen LogP contribution in [0.5, 0.6) is 0 Å². The first kappa shape index (κ1) is 11.0. The maximum atomic E-state index is 5.40. The van der Waals surface area contributed by atoms with Crippen LogP contribution in [0.2, 0.25) is 0 Å². The minimum Gasteiger partial charge on any atom is -0.446 e. The Morgan fingerprint density at radius 2 is 2.00 bits per heavy atom. The first-order valence-corrected chi connectivity index (χ1v) is 6.71. The topological polar surface area (TPSA) is 52.1 Å². The van der Waals surface area contributed by atoms with Crippen LogP contribution < -0.4 is 0 Å². The van der Waals surface area contributed by atoms with Gasteiger partial charge in [0, 0.05) is 5.92 Å². The summed E-state index contributed by atoms with van der Waals surface area (Å²) in [4.78, 5) is 4.43. The lowest BCUT2D eigenvalue weighted by Crippen LogP contribution is -2.04. The molecule has 2 aromatic rings. The third-order valence-corrected chi connectivity index (χ3v) is 3.62. The monoisotopic (exact) mass is 296 g/mol. The Kier molecular flexibility index (Phi) is 3.01. The highest BCUT2D eigenvalue weighted by Crippen LogP contribution is 2.32. The fourth-order valence-corrected chi connectivity index (χ4v) is 2.59. The van der Waals surface area contributed by atoms with E-state index in [0.29, 0.717) is 22.2 Å². The molecule has 17 heavy (non-hydrogen) atoms. The molecule has 0 amide bonds. The van der Waals surface area contributed by atoms with Gasteiger partial charge in [0.15, 0.2) is 10.4 Å². The predicted molar refractivity (Wildman–Crippen MR) is 65.5 cm³/mol. The summed E-state index contributed by atoms with van der Waals surface area (Å²) in [5.41, 5.74) is 0. The molecule has 0 bridgehead atoms. The molecule has 0 spiro atoms. The first-order chi connectivity index (χ1) is 8.33. The van der Waals surface area contributed by atoms with Crippen molar-refractivity contribution in [1.82, 2.24) is 10.1 Å². The maximum Gasteiger partial charge on any atom is 0.238 e. The molecule has 1 aliphatic carbocycles. The Hall–Kier alpha value is -1.10. The van der Waals surface area contributed by atoms with Gasteiger partial charge in [-0.1, -0.05) is 24.4 Å². The van der Waals surface area contributed by atoms with E-state index in [2.05, 4.69) is 26.1 Å². The average Bonchev–Trinajstić information content (AvgIpc) is 2.98. The van der Waals surface area contributed by atoms with Crippen LogP contribution in [0, 0.1) is 0 Å². The fourth-order valence-electron chi connectivity index (χ4n) is 2.29. The number of rotatable bonds is 2. The van der Waals surface area contributed by atoms with Crippen molar-refractivity contribution in [2.45, 2.75) is 38.0 Å². The van der Waals surface area contributed by atoms with Gasteiger partial charge in [-0.3, -0.25) is 0 Å². The molecular formula is C12H13BrN2O2. The Morgan fingerprint density at radius 1 is 1.18 bits per heavy atom. The molecule has 5 heteroatoms. The summed E-state index contributed by atoms with van der Waals surface area (Å²) in [6.45, 7) is 0. The zero-order valence-electron chi connectivity index (χ0n) is 9.36. The quantitative estimate of drug-likeness (QED) is 0.836. The molecule has 0 aromatic carbocycles. The molecule has 4 nitrogen and oxygen atoms in total. The van der Waals surface area contributed by atoms with Crippen LogP contribution in [0.4, 0.5) is 0 Å². The zero-order valence-corrected chi connectivity index (χ0v) is 10.9. The zero-order chi connectivity index (χ0) is 11.7. The van der Waals surface area contributed by atoms with Crippen molar-refractivity contribution >= 4 is 15.9 Å². The molecule has 0 radical (unpaired) electrons. The van der Waals surface area contributed by atoms with E-state index in [1.807, 2.05) is 12.1 Å². The van der Waals surface area contributed by atoms with Crippen LogP contribution in [0.25, 0.3) is 11.6 Å². The van der Waals surface area contributed by atoms with Gasteiger partial charge in [0.25, 0.3) is 0 Å². The lowest BCUT2D eigenvalue weighted by molar-refractivity contribution is 0.314. The summed E-state index contributed by atoms with van der Waals surface area (Å²) in [7, 11) is 0. The van der Waals surface area contributed by atoms with Gasteiger partial charge in [-0.25, -0.2) is 0 Å². The van der Waals surface area contributed by atoms with Crippen LogP contribution in [-0.2, 0) is 0 Å². The van der Waals surface area contributed by atoms with Crippen LogP contribution in [0.3, 0.4) is 0 Å². The van der Waals surface area contributed by atoms with Crippen molar-refractivity contribution in [3.8, 4) is 11.6 Å². The van der Waals surface area contributed by atoms with E-state index in [0.717, 1.165) is 18.7 Å². The highest BCUT2D eigenvalue weighted by atomic mass is 79.9. The lowest BCUT2D eigenvalue weighted by atomic mass is 9.89. The normalized spacial score (nSPS) is 17.5. The predicted octanol–water partition coefficient (Wildman–Crippen LogP) is 4.14. The molecule has 1 aliphatic rings. The summed E-state index contributed by atoms with van der Waals surface area (Å²) in [5, 5.41) is 3.97. The van der Waals surface area contributed by atoms with Gasteiger partial charge in [0.2, 0.25) is 11.7 Å². The third-order valence-electron chi connectivity index (χ3n) is 3.19. The van der Waals surface area contributed by atoms with E-state index < -0.39 is 0 Å². The van der Waals surface area contributed by atoms with Gasteiger partial charge in [-0.15, -0.1) is 0 Å². The number of hydrogen-bond donors (Lipinski definition) is 0. The van der Waals surface area contributed by atoms with Gasteiger partial charge in [0.05, 0.1) is 0 Å². The molecular weight excluding hydrogens is 284 g/mol. The highest BCUT2D eigenvalue weighted by Gasteiger charge is 2.22. The van der Waals surface area contributed by atoms with Crippen LogP contribution in [0.1, 0.15) is 43.9 Å². The number of nitrogens with zero attached hydrogens (tertiary/aromatic N) is 2. The smallest absolute Gasteiger partial charge is 0.238 e. The molecule has 0 unspecified atom stereocenters. The van der Waals surface area contributed by atoms with Gasteiger partial charge in [-0.05, 0) is 40.9 Å². The van der Waals surface area contributed by atoms with Crippen molar-refractivity contribution < 1.29 is 8.94 Å². The second kappa shape index (κ2) is 4.64. The van der Waals surface area contributed by atoms with Crippen LogP contribution >= 0.6 is 15.9 Å². The minimum absolute atomic E-state index is 0.434. The Bertz CT molecular complexity index is 500. The van der Waals surface area contributed by atoms with E-state index >= 15 is 0 Å². The molecule has 3 rings (SSSR count). The van der Waals surface area contributed by atoms with E-state index in [9.17, 15) is 0 Å². The van der Waals surface area contributed by atoms with Crippen molar-refractivity contribution in [2.24, 2.45) is 0 Å². The van der Waals surface area contributed by atoms with E-state index in [1.54, 1.807) is 0 Å². The Morgan fingerprint density at radius 3 is 2.71 bits per heavy atom. The standard InChI is InChI=1S/C12H13BrN2O2/c13-10-7-6-9(16-10)11-14-12(17-15-11)8-4-2-1-3-5-8/h6-8H,1-5H2. The molecule has 0 aliphatic heterocycles. The van der Waals surface area contributed by atoms with E-state index in [4.69, 9.17) is 8.94 Å². The van der Waals surface area contributed by atoms with Crippen molar-refractivity contribution in [3.63, 3.8) is 0 Å². The third kappa shape index (κ3) is 2.29. The molecule has 1 fully saturated rings. The number of aromatic nitrogens is 2. The molecule has 2 aromatic heterocycles. The average molecular weight is 297 g/mol. The maximum absolute atomic E-state index is 5.40. The molecule has 1 saturated carbocycles. The molecule has 90 valence electrons. The summed E-state index contributed by atoms with van der Waals surface area (Å²) < 4.78 is 11.4.